The zero-order valence-electron chi connectivity index (χ0n) is 16.6. The van der Waals surface area contributed by atoms with Gasteiger partial charge in [-0.25, -0.2) is 0 Å². The molecule has 0 aromatic heterocycles. The van der Waals surface area contributed by atoms with Crippen LogP contribution in [-0.2, 0) is 0 Å². The van der Waals surface area contributed by atoms with Gasteiger partial charge in [0.1, 0.15) is 18.5 Å². The molecule has 0 saturated carbocycles. The van der Waals surface area contributed by atoms with Crippen LogP contribution in [0.25, 0.3) is 0 Å². The summed E-state index contributed by atoms with van der Waals surface area (Å²) in [4.78, 5) is 2.19. The van der Waals surface area contributed by atoms with Gasteiger partial charge in [0.05, 0.1) is 0 Å². The van der Waals surface area contributed by atoms with Gasteiger partial charge >= 0.3 is 0 Å². The number of ether oxygens (including phenoxy) is 1. The van der Waals surface area contributed by atoms with Crippen molar-refractivity contribution < 1.29 is 9.84 Å². The standard InChI is InChI=1S/C22H32N2O2/c1-16-11-12-17(2)22(18(16)3)26-15-20(25)13-23-14-21(24(4)5)19-9-7-6-8-10-19/h6-12,20-21,23,25H,13-15H2,1-5H3/t20-,21-/m1/s1. The fourth-order valence-corrected chi connectivity index (χ4v) is 3.05. The second kappa shape index (κ2) is 9.72. The fourth-order valence-electron chi connectivity index (χ4n) is 3.05. The quantitative estimate of drug-likeness (QED) is 0.724. The molecule has 0 aliphatic heterocycles. The summed E-state index contributed by atoms with van der Waals surface area (Å²) in [5.74, 6) is 0.888. The van der Waals surface area contributed by atoms with Crippen LogP contribution in [0.5, 0.6) is 5.75 Å². The highest BCUT2D eigenvalue weighted by Crippen LogP contribution is 2.25. The topological polar surface area (TPSA) is 44.7 Å². The van der Waals surface area contributed by atoms with Crippen molar-refractivity contribution in [3.05, 3.63) is 64.7 Å². The summed E-state index contributed by atoms with van der Waals surface area (Å²) in [5, 5.41) is 13.7. The van der Waals surface area contributed by atoms with Crippen molar-refractivity contribution in [1.82, 2.24) is 10.2 Å². The molecule has 0 aliphatic rings. The van der Waals surface area contributed by atoms with E-state index in [0.717, 1.165) is 23.4 Å². The van der Waals surface area contributed by atoms with E-state index in [0.29, 0.717) is 6.54 Å². The van der Waals surface area contributed by atoms with Gasteiger partial charge in [0.2, 0.25) is 0 Å². The molecule has 0 unspecified atom stereocenters. The van der Waals surface area contributed by atoms with Crippen LogP contribution in [0.15, 0.2) is 42.5 Å². The van der Waals surface area contributed by atoms with Gasteiger partial charge in [0, 0.05) is 19.1 Å². The Morgan fingerprint density at radius 2 is 1.62 bits per heavy atom. The summed E-state index contributed by atoms with van der Waals surface area (Å²) in [6.07, 6.45) is -0.548. The van der Waals surface area contributed by atoms with Crippen molar-refractivity contribution in [2.24, 2.45) is 0 Å². The average molecular weight is 357 g/mol. The Hall–Kier alpha value is -1.88. The summed E-state index contributed by atoms with van der Waals surface area (Å²) in [6.45, 7) is 7.73. The van der Waals surface area contributed by atoms with Crippen LogP contribution in [0, 0.1) is 20.8 Å². The van der Waals surface area contributed by atoms with E-state index in [4.69, 9.17) is 4.74 Å². The van der Waals surface area contributed by atoms with Gasteiger partial charge in [-0.3, -0.25) is 0 Å². The third-order valence-electron chi connectivity index (χ3n) is 4.82. The molecule has 142 valence electrons. The van der Waals surface area contributed by atoms with Gasteiger partial charge in [0.25, 0.3) is 0 Å². The maximum absolute atomic E-state index is 10.3. The van der Waals surface area contributed by atoms with Gasteiger partial charge in [0.15, 0.2) is 0 Å². The van der Waals surface area contributed by atoms with Gasteiger partial charge < -0.3 is 20.1 Å². The lowest BCUT2D eigenvalue weighted by Gasteiger charge is -2.26. The predicted molar refractivity (Wildman–Crippen MR) is 108 cm³/mol. The van der Waals surface area contributed by atoms with Crippen molar-refractivity contribution in [2.75, 3.05) is 33.8 Å². The largest absolute Gasteiger partial charge is 0.490 e. The molecule has 0 heterocycles. The summed E-state index contributed by atoms with van der Waals surface area (Å²) in [7, 11) is 4.14. The van der Waals surface area contributed by atoms with Crippen molar-refractivity contribution in [3.8, 4) is 5.75 Å². The molecule has 0 spiro atoms. The van der Waals surface area contributed by atoms with E-state index < -0.39 is 6.10 Å². The van der Waals surface area contributed by atoms with E-state index in [2.05, 4.69) is 74.6 Å². The predicted octanol–water partition coefficient (Wildman–Crippen LogP) is 3.24. The van der Waals surface area contributed by atoms with E-state index in [1.807, 2.05) is 13.0 Å². The van der Waals surface area contributed by atoms with Crippen molar-refractivity contribution >= 4 is 0 Å². The molecule has 2 atom stereocenters. The Morgan fingerprint density at radius 1 is 0.962 bits per heavy atom. The highest BCUT2D eigenvalue weighted by Gasteiger charge is 2.15. The molecule has 0 aliphatic carbocycles. The molecule has 26 heavy (non-hydrogen) atoms. The Balaban J connectivity index is 1.83. The summed E-state index contributed by atoms with van der Waals surface area (Å²) in [6, 6.07) is 14.8. The first-order chi connectivity index (χ1) is 12.4. The van der Waals surface area contributed by atoms with E-state index in [1.165, 1.54) is 11.1 Å². The van der Waals surface area contributed by atoms with Gasteiger partial charge in [-0.2, -0.15) is 0 Å². The summed E-state index contributed by atoms with van der Waals surface area (Å²) in [5.41, 5.74) is 4.71. The third kappa shape index (κ3) is 5.56. The van der Waals surface area contributed by atoms with E-state index in [9.17, 15) is 5.11 Å². The minimum Gasteiger partial charge on any atom is -0.490 e. The van der Waals surface area contributed by atoms with E-state index in [1.54, 1.807) is 0 Å². The first-order valence-corrected chi connectivity index (χ1v) is 9.20. The Kier molecular flexibility index (Phi) is 7.64. The molecule has 2 N–H and O–H groups in total. The molecule has 4 nitrogen and oxygen atoms in total. The Labute approximate surface area is 157 Å². The number of rotatable bonds is 9. The Morgan fingerprint density at radius 3 is 2.27 bits per heavy atom. The number of nitrogens with one attached hydrogen (secondary N) is 1. The van der Waals surface area contributed by atoms with Crippen LogP contribution in [0.3, 0.4) is 0 Å². The number of nitrogens with zero attached hydrogens (tertiary/aromatic N) is 1. The average Bonchev–Trinajstić information content (AvgIpc) is 2.62. The van der Waals surface area contributed by atoms with E-state index >= 15 is 0 Å². The number of benzene rings is 2. The van der Waals surface area contributed by atoms with E-state index in [-0.39, 0.29) is 12.6 Å². The second-order valence-corrected chi connectivity index (χ2v) is 7.17. The minimum atomic E-state index is -0.548. The maximum atomic E-state index is 10.3. The second-order valence-electron chi connectivity index (χ2n) is 7.17. The normalized spacial score (nSPS) is 13.7. The lowest BCUT2D eigenvalue weighted by molar-refractivity contribution is 0.103. The zero-order chi connectivity index (χ0) is 19.1. The lowest BCUT2D eigenvalue weighted by Crippen LogP contribution is -2.37. The molecule has 4 heteroatoms. The lowest BCUT2D eigenvalue weighted by atomic mass is 10.1. The van der Waals surface area contributed by atoms with Crippen molar-refractivity contribution in [1.29, 1.82) is 0 Å². The molecule has 0 amide bonds. The fraction of sp³-hybridized carbons (Fsp3) is 0.455. The van der Waals surface area contributed by atoms with Crippen molar-refractivity contribution in [2.45, 2.75) is 32.9 Å². The van der Waals surface area contributed by atoms with Crippen LogP contribution in [-0.4, -0.2) is 49.9 Å². The SMILES string of the molecule is Cc1ccc(C)c(OC[C@H](O)CNC[C@H](c2ccccc2)N(C)C)c1C. The summed E-state index contributed by atoms with van der Waals surface area (Å²) >= 11 is 0. The number of hydrogen-bond acceptors (Lipinski definition) is 4. The van der Waals surface area contributed by atoms with Crippen LogP contribution >= 0.6 is 0 Å². The molecule has 0 fully saturated rings. The highest BCUT2D eigenvalue weighted by atomic mass is 16.5. The molecule has 0 radical (unpaired) electrons. The smallest absolute Gasteiger partial charge is 0.125 e. The number of aliphatic hydroxyl groups is 1. The molecule has 2 rings (SSSR count). The highest BCUT2D eigenvalue weighted by molar-refractivity contribution is 5.44. The van der Waals surface area contributed by atoms with Crippen LogP contribution in [0.4, 0.5) is 0 Å². The third-order valence-corrected chi connectivity index (χ3v) is 4.82. The van der Waals surface area contributed by atoms with Crippen molar-refractivity contribution in [3.63, 3.8) is 0 Å². The number of hydrogen-bond donors (Lipinski definition) is 2. The molecule has 0 bridgehead atoms. The molecule has 2 aromatic rings. The molecular weight excluding hydrogens is 324 g/mol. The van der Waals surface area contributed by atoms with Gasteiger partial charge in [-0.1, -0.05) is 42.5 Å². The number of aryl methyl sites for hydroxylation is 2. The summed E-state index contributed by atoms with van der Waals surface area (Å²) < 4.78 is 5.90. The van der Waals surface area contributed by atoms with Crippen LogP contribution < -0.4 is 10.1 Å². The first-order valence-electron chi connectivity index (χ1n) is 9.20. The molecule has 2 aromatic carbocycles. The van der Waals surface area contributed by atoms with Crippen LogP contribution in [0.2, 0.25) is 0 Å². The van der Waals surface area contributed by atoms with Gasteiger partial charge in [-0.05, 0) is 57.1 Å². The molecule has 0 saturated heterocycles. The number of aliphatic hydroxyl groups excluding tert-OH is 1. The minimum absolute atomic E-state index is 0.269. The number of likely N-dealkylation sites (N-methyl/N-ethyl adjacent to an activating group) is 1. The van der Waals surface area contributed by atoms with Crippen LogP contribution in [0.1, 0.15) is 28.3 Å². The maximum Gasteiger partial charge on any atom is 0.125 e. The molecular formula is C22H32N2O2. The Bertz CT molecular complexity index is 686. The van der Waals surface area contributed by atoms with Gasteiger partial charge in [-0.15, -0.1) is 0 Å². The first kappa shape index (κ1) is 20.4. The zero-order valence-corrected chi connectivity index (χ0v) is 16.6. The monoisotopic (exact) mass is 356 g/mol.